The number of ether oxygens (including phenoxy) is 4. The normalized spacial score (nSPS) is 10.8. The third-order valence-electron chi connectivity index (χ3n) is 4.14. The molecule has 0 atom stereocenters. The molecule has 0 saturated carbocycles. The molecule has 0 bridgehead atoms. The van der Waals surface area contributed by atoms with Crippen LogP contribution in [0.5, 0.6) is 11.5 Å². The summed E-state index contributed by atoms with van der Waals surface area (Å²) in [6, 6.07) is 13.9. The highest BCUT2D eigenvalue weighted by Crippen LogP contribution is 2.29. The Hall–Kier alpha value is -3.81. The number of nitrogens with one attached hydrogen (secondary N) is 1. The molecule has 170 valence electrons. The third kappa shape index (κ3) is 8.14. The van der Waals surface area contributed by atoms with Gasteiger partial charge in [0.05, 0.1) is 13.7 Å². The summed E-state index contributed by atoms with van der Waals surface area (Å²) < 4.78 is 20.8. The average Bonchev–Trinajstić information content (AvgIpc) is 2.79. The Labute approximate surface area is 187 Å². The number of benzene rings is 2. The van der Waals surface area contributed by atoms with Crippen molar-refractivity contribution >= 4 is 24.1 Å². The van der Waals surface area contributed by atoms with E-state index in [-0.39, 0.29) is 18.1 Å². The first-order valence-electron chi connectivity index (χ1n) is 10.2. The van der Waals surface area contributed by atoms with Gasteiger partial charge in [-0.2, -0.15) is 0 Å². The highest BCUT2D eigenvalue weighted by Gasteiger charge is 2.16. The molecule has 0 fully saturated rings. The molecule has 2 rings (SSSR count). The van der Waals surface area contributed by atoms with Crippen molar-refractivity contribution in [2.24, 2.45) is 0 Å². The van der Waals surface area contributed by atoms with E-state index in [1.807, 2.05) is 37.3 Å². The predicted molar refractivity (Wildman–Crippen MR) is 118 cm³/mol. The summed E-state index contributed by atoms with van der Waals surface area (Å²) in [7, 11) is 1.20. The van der Waals surface area contributed by atoms with Gasteiger partial charge in [-0.05, 0) is 35.8 Å². The molecule has 0 unspecified atom stereocenters. The fraction of sp³-hybridized carbons (Fsp3) is 0.292. The second-order valence-corrected chi connectivity index (χ2v) is 6.74. The Bertz CT molecular complexity index is 954. The van der Waals surface area contributed by atoms with E-state index >= 15 is 0 Å². The van der Waals surface area contributed by atoms with Gasteiger partial charge in [-0.1, -0.05) is 49.7 Å². The van der Waals surface area contributed by atoms with E-state index in [9.17, 15) is 14.4 Å². The summed E-state index contributed by atoms with van der Waals surface area (Å²) in [5.74, 6) is -0.621. The van der Waals surface area contributed by atoms with Crippen molar-refractivity contribution in [3.63, 3.8) is 0 Å². The van der Waals surface area contributed by atoms with Crippen molar-refractivity contribution in [3.05, 3.63) is 65.4 Å². The largest absolute Gasteiger partial charge is 0.490 e. The van der Waals surface area contributed by atoms with Crippen molar-refractivity contribution in [1.82, 2.24) is 5.32 Å². The number of hydrogen-bond donors (Lipinski definition) is 1. The van der Waals surface area contributed by atoms with Crippen LogP contribution in [0.1, 0.15) is 37.8 Å². The molecular formula is C24H27NO7. The topological polar surface area (TPSA) is 100 Å². The van der Waals surface area contributed by atoms with E-state index < -0.39 is 18.0 Å². The van der Waals surface area contributed by atoms with Gasteiger partial charge in [0, 0.05) is 6.92 Å². The van der Waals surface area contributed by atoms with E-state index in [1.165, 1.54) is 20.1 Å². The second-order valence-electron chi connectivity index (χ2n) is 6.74. The maximum Gasteiger partial charge on any atom is 0.412 e. The molecule has 2 aromatic rings. The summed E-state index contributed by atoms with van der Waals surface area (Å²) in [6.45, 7) is 3.81. The van der Waals surface area contributed by atoms with Gasteiger partial charge in [0.25, 0.3) is 0 Å². The molecule has 0 spiro atoms. The van der Waals surface area contributed by atoms with E-state index in [0.717, 1.165) is 18.4 Å². The van der Waals surface area contributed by atoms with Crippen LogP contribution in [0.25, 0.3) is 6.08 Å². The molecule has 2 aromatic carbocycles. The molecule has 0 aliphatic heterocycles. The number of rotatable bonds is 10. The number of amides is 1. The first-order chi connectivity index (χ1) is 15.4. The van der Waals surface area contributed by atoms with Crippen molar-refractivity contribution in [2.45, 2.75) is 33.3 Å². The number of carbonyl (C=O) groups is 3. The van der Waals surface area contributed by atoms with Gasteiger partial charge in [0.15, 0.2) is 11.5 Å². The molecule has 1 amide bonds. The van der Waals surface area contributed by atoms with Crippen LogP contribution in [0, 0.1) is 0 Å². The highest BCUT2D eigenvalue weighted by atomic mass is 16.6. The number of unbranched alkanes of at least 4 members (excludes halogenated alkanes) is 1. The lowest BCUT2D eigenvalue weighted by molar-refractivity contribution is -0.136. The average molecular weight is 441 g/mol. The van der Waals surface area contributed by atoms with Crippen LogP contribution < -0.4 is 14.8 Å². The molecule has 0 heterocycles. The molecule has 0 aliphatic rings. The van der Waals surface area contributed by atoms with Gasteiger partial charge in [-0.15, -0.1) is 0 Å². The fourth-order valence-electron chi connectivity index (χ4n) is 2.58. The molecule has 0 saturated heterocycles. The van der Waals surface area contributed by atoms with E-state index in [0.29, 0.717) is 17.9 Å². The minimum atomic E-state index is -0.804. The minimum absolute atomic E-state index is 0.0492. The fourth-order valence-corrected chi connectivity index (χ4v) is 2.58. The molecular weight excluding hydrogens is 414 g/mol. The molecule has 0 radical (unpaired) electrons. The standard InChI is InChI=1S/C24H27NO7/c1-4-5-13-30-22-15-19(11-12-21(22)32-17(2)26)14-20(23(27)29-3)25-24(28)31-16-18-9-7-6-8-10-18/h6-12,14-15H,4-5,13,16H2,1-3H3,(H,25,28)/b20-14-. The first-order valence-corrected chi connectivity index (χ1v) is 10.2. The summed E-state index contributed by atoms with van der Waals surface area (Å²) >= 11 is 0. The van der Waals surface area contributed by atoms with Gasteiger partial charge >= 0.3 is 18.0 Å². The lowest BCUT2D eigenvalue weighted by Crippen LogP contribution is -2.28. The summed E-state index contributed by atoms with van der Waals surface area (Å²) in [5, 5.41) is 2.40. The number of esters is 2. The van der Waals surface area contributed by atoms with Crippen molar-refractivity contribution in [2.75, 3.05) is 13.7 Å². The van der Waals surface area contributed by atoms with E-state index in [1.54, 1.807) is 18.2 Å². The third-order valence-corrected chi connectivity index (χ3v) is 4.14. The molecule has 8 nitrogen and oxygen atoms in total. The number of carbonyl (C=O) groups excluding carboxylic acids is 3. The number of alkyl carbamates (subject to hydrolysis) is 1. The smallest absolute Gasteiger partial charge is 0.412 e. The minimum Gasteiger partial charge on any atom is -0.490 e. The Kier molecular flexibility index (Phi) is 9.77. The Morgan fingerprint density at radius 1 is 1.03 bits per heavy atom. The molecule has 0 aromatic heterocycles. The van der Waals surface area contributed by atoms with Gasteiger partial charge < -0.3 is 18.9 Å². The molecule has 32 heavy (non-hydrogen) atoms. The van der Waals surface area contributed by atoms with Crippen molar-refractivity contribution < 1.29 is 33.3 Å². The lowest BCUT2D eigenvalue weighted by Gasteiger charge is -2.12. The predicted octanol–water partition coefficient (Wildman–Crippen LogP) is 4.23. The van der Waals surface area contributed by atoms with Crippen LogP contribution >= 0.6 is 0 Å². The SMILES string of the molecule is CCCCOc1cc(/C=C(\NC(=O)OCc2ccccc2)C(=O)OC)ccc1OC(C)=O. The molecule has 1 N–H and O–H groups in total. The van der Waals surface area contributed by atoms with Gasteiger partial charge in [-0.25, -0.2) is 9.59 Å². The quantitative estimate of drug-likeness (QED) is 0.255. The van der Waals surface area contributed by atoms with Crippen LogP contribution in [0.15, 0.2) is 54.2 Å². The molecule has 8 heteroatoms. The maximum atomic E-state index is 12.2. The second kappa shape index (κ2) is 12.8. The Balaban J connectivity index is 2.19. The highest BCUT2D eigenvalue weighted by molar-refractivity contribution is 5.96. The van der Waals surface area contributed by atoms with Crippen LogP contribution in [0.3, 0.4) is 0 Å². The summed E-state index contributed by atoms with van der Waals surface area (Å²) in [4.78, 5) is 35.7. The Morgan fingerprint density at radius 2 is 1.78 bits per heavy atom. The zero-order valence-corrected chi connectivity index (χ0v) is 18.4. The summed E-state index contributed by atoms with van der Waals surface area (Å²) in [6.07, 6.45) is 2.37. The van der Waals surface area contributed by atoms with Gasteiger partial charge in [0.2, 0.25) is 0 Å². The van der Waals surface area contributed by atoms with Crippen LogP contribution in [-0.2, 0) is 25.7 Å². The van der Waals surface area contributed by atoms with E-state index in [4.69, 9.17) is 18.9 Å². The van der Waals surface area contributed by atoms with Gasteiger partial charge in [-0.3, -0.25) is 10.1 Å². The van der Waals surface area contributed by atoms with Gasteiger partial charge in [0.1, 0.15) is 12.3 Å². The van der Waals surface area contributed by atoms with E-state index in [2.05, 4.69) is 5.32 Å². The zero-order valence-electron chi connectivity index (χ0n) is 18.4. The Morgan fingerprint density at radius 3 is 2.44 bits per heavy atom. The van der Waals surface area contributed by atoms with Crippen molar-refractivity contribution in [1.29, 1.82) is 0 Å². The lowest BCUT2D eigenvalue weighted by atomic mass is 10.1. The summed E-state index contributed by atoms with van der Waals surface area (Å²) in [5.41, 5.74) is 1.21. The molecule has 0 aliphatic carbocycles. The maximum absolute atomic E-state index is 12.2. The number of methoxy groups -OCH3 is 1. The number of hydrogen-bond acceptors (Lipinski definition) is 7. The van der Waals surface area contributed by atoms with Crippen molar-refractivity contribution in [3.8, 4) is 11.5 Å². The zero-order chi connectivity index (χ0) is 23.3. The monoisotopic (exact) mass is 441 g/mol. The van der Waals surface area contributed by atoms with Crippen LogP contribution in [-0.4, -0.2) is 31.7 Å². The van der Waals surface area contributed by atoms with Crippen LogP contribution in [0.4, 0.5) is 4.79 Å². The van der Waals surface area contributed by atoms with Crippen LogP contribution in [0.2, 0.25) is 0 Å². The first kappa shape index (κ1) is 24.5.